The zero-order valence-corrected chi connectivity index (χ0v) is 71.4. The Morgan fingerprint density at radius 1 is 0.191 bits per heavy atom. The first-order chi connectivity index (χ1) is 64.9. The van der Waals surface area contributed by atoms with Gasteiger partial charge in [-0.05, 0) is 156 Å². The Balaban J connectivity index is 0.000000109. The third-order valence-electron chi connectivity index (χ3n) is 24.6. The average Bonchev–Trinajstić information content (AvgIpc) is 1.56. The summed E-state index contributed by atoms with van der Waals surface area (Å²) in [5.41, 5.74) is 26.5. The molecule has 12 nitrogen and oxygen atoms in total. The summed E-state index contributed by atoms with van der Waals surface area (Å²) in [6.45, 7) is 0. The van der Waals surface area contributed by atoms with Gasteiger partial charge in [-0.3, -0.25) is 0 Å². The normalized spacial score (nSPS) is 11.5. The lowest BCUT2D eigenvalue weighted by Crippen LogP contribution is -2.00. The van der Waals surface area contributed by atoms with Gasteiger partial charge in [-0.1, -0.05) is 322 Å². The Morgan fingerprint density at radius 2 is 0.511 bits per heavy atom. The maximum atomic E-state index is 6.27. The molecule has 0 saturated heterocycles. The summed E-state index contributed by atoms with van der Waals surface area (Å²) in [7, 11) is 0. The van der Waals surface area contributed by atoms with E-state index in [9.17, 15) is 0 Å². The van der Waals surface area contributed by atoms with Gasteiger partial charge in [0, 0.05) is 115 Å². The summed E-state index contributed by atoms with van der Waals surface area (Å²) < 4.78 is 15.6. The first-order valence-electron chi connectivity index (χ1n) is 43.8. The minimum Gasteiger partial charge on any atom is -0.456 e. The zero-order valence-electron chi connectivity index (χ0n) is 70.5. The third-order valence-corrected chi connectivity index (χ3v) is 25.7. The fraction of sp³-hybridized carbons (Fsp3) is 0. The van der Waals surface area contributed by atoms with Crippen molar-refractivity contribution in [2.24, 2.45) is 0 Å². The molecule has 0 saturated carbocycles. The van der Waals surface area contributed by atoms with Crippen molar-refractivity contribution in [2.75, 3.05) is 0 Å². The molecule has 131 heavy (non-hydrogen) atoms. The van der Waals surface area contributed by atoms with Gasteiger partial charge in [-0.25, -0.2) is 39.9 Å². The predicted molar refractivity (Wildman–Crippen MR) is 539 cm³/mol. The van der Waals surface area contributed by atoms with Crippen molar-refractivity contribution >= 4 is 119 Å². The molecule has 0 amide bonds. The van der Waals surface area contributed by atoms with E-state index in [0.29, 0.717) is 40.8 Å². The smallest absolute Gasteiger partial charge is 0.164 e. The number of aromatic nitrogens is 11. The summed E-state index contributed by atoms with van der Waals surface area (Å²) in [6, 6.07) is 158. The molecule has 0 aliphatic rings. The molecule has 0 bridgehead atoms. The number of rotatable bonds is 13. The van der Waals surface area contributed by atoms with E-state index >= 15 is 0 Å². The molecule has 0 radical (unpaired) electrons. The summed E-state index contributed by atoms with van der Waals surface area (Å²) >= 11 is 1.74. The first kappa shape index (κ1) is 77.1. The van der Waals surface area contributed by atoms with E-state index in [-0.39, 0.29) is 0 Å². The lowest BCUT2D eigenvalue weighted by Gasteiger charge is -2.11. The van der Waals surface area contributed by atoms with Gasteiger partial charge in [-0.2, -0.15) is 0 Å². The molecule has 8 aromatic heterocycles. The maximum Gasteiger partial charge on any atom is 0.164 e. The number of thiophene rings is 1. The highest BCUT2D eigenvalue weighted by Gasteiger charge is 2.24. The van der Waals surface area contributed by atoms with E-state index in [4.69, 9.17) is 44.3 Å². The highest BCUT2D eigenvalue weighted by atomic mass is 32.1. The molecule has 0 aliphatic heterocycles. The fourth-order valence-corrected chi connectivity index (χ4v) is 19.5. The molecule has 0 aliphatic carbocycles. The molecule has 8 heterocycles. The van der Waals surface area contributed by atoms with E-state index in [1.165, 1.54) is 92.4 Å². The van der Waals surface area contributed by atoms with Gasteiger partial charge in [0.1, 0.15) is 11.2 Å². The number of furan rings is 1. The molecular weight excluding hydrogens is 1620 g/mol. The van der Waals surface area contributed by atoms with Crippen LogP contribution in [-0.4, -0.2) is 53.6 Å². The lowest BCUT2D eigenvalue weighted by molar-refractivity contribution is 0.669. The van der Waals surface area contributed by atoms with Crippen LogP contribution in [0.15, 0.2) is 459 Å². The SMILES string of the molecule is c1ccc(-c2ccc3c4ccccc4n(-c4ccc(-c5nc(-c6ccccc6)nc(-c6ccccc6)n5)cc4)c3c2)cc1.c1ccc(-c2nc(-c3ccccc3)nc(-c3ccc(-n4c5ccccc5c5c(-c6ccccc6)cccc54)cc3)n2)cc1.c1ccc2c(c1)oc1cc(-c3nc(-c4ccc(-n5c6ccccc6c6ccccc65)cc4)nc4c3sc3ccccc34)ccc12. The lowest BCUT2D eigenvalue weighted by atomic mass is 9.99. The van der Waals surface area contributed by atoms with Crippen LogP contribution in [0.3, 0.4) is 0 Å². The van der Waals surface area contributed by atoms with Gasteiger partial charge in [0.15, 0.2) is 40.8 Å². The Bertz CT molecular complexity index is 8460. The van der Waals surface area contributed by atoms with Crippen LogP contribution in [0.2, 0.25) is 0 Å². The molecule has 26 aromatic rings. The molecule has 614 valence electrons. The Kier molecular flexibility index (Phi) is 19.5. The molecule has 26 rings (SSSR count). The summed E-state index contributed by atoms with van der Waals surface area (Å²) in [4.78, 5) is 39.7. The minimum atomic E-state index is 0.646. The third kappa shape index (κ3) is 14.2. The van der Waals surface area contributed by atoms with Crippen molar-refractivity contribution < 1.29 is 4.42 Å². The van der Waals surface area contributed by atoms with E-state index < -0.39 is 0 Å². The fourth-order valence-electron chi connectivity index (χ4n) is 18.4. The number of benzene rings is 18. The summed E-state index contributed by atoms with van der Waals surface area (Å²) in [5, 5.41) is 10.8. The van der Waals surface area contributed by atoms with Gasteiger partial charge >= 0.3 is 0 Å². The van der Waals surface area contributed by atoms with Crippen LogP contribution in [0.1, 0.15) is 0 Å². The van der Waals surface area contributed by atoms with Gasteiger partial charge in [0.2, 0.25) is 0 Å². The van der Waals surface area contributed by atoms with Gasteiger partial charge in [0.05, 0.1) is 49.0 Å². The number of hydrogen-bond donors (Lipinski definition) is 0. The van der Waals surface area contributed by atoms with Crippen molar-refractivity contribution in [3.8, 4) is 130 Å². The Morgan fingerprint density at radius 3 is 0.985 bits per heavy atom. The molecule has 0 spiro atoms. The van der Waals surface area contributed by atoms with E-state index in [2.05, 4.69) is 335 Å². The number of hydrogen-bond acceptors (Lipinski definition) is 10. The van der Waals surface area contributed by atoms with Crippen molar-refractivity contribution in [2.45, 2.75) is 0 Å². The second-order valence-corrected chi connectivity index (χ2v) is 33.5. The molecule has 0 N–H and O–H groups in total. The van der Waals surface area contributed by atoms with Crippen LogP contribution in [0.25, 0.3) is 238 Å². The van der Waals surface area contributed by atoms with E-state index in [1.807, 2.05) is 133 Å². The second-order valence-electron chi connectivity index (χ2n) is 32.4. The first-order valence-corrected chi connectivity index (χ1v) is 44.6. The highest BCUT2D eigenvalue weighted by molar-refractivity contribution is 7.26. The van der Waals surface area contributed by atoms with Crippen LogP contribution in [0.5, 0.6) is 0 Å². The van der Waals surface area contributed by atoms with Crippen molar-refractivity contribution in [3.63, 3.8) is 0 Å². The van der Waals surface area contributed by atoms with Gasteiger partial charge in [0.25, 0.3) is 0 Å². The predicted octanol–water partition coefficient (Wildman–Crippen LogP) is 30.4. The molecule has 0 fully saturated rings. The quantitative estimate of drug-likeness (QED) is 0.111. The van der Waals surface area contributed by atoms with Crippen LogP contribution in [0.4, 0.5) is 0 Å². The topological polar surface area (TPSA) is 131 Å². The van der Waals surface area contributed by atoms with Crippen LogP contribution >= 0.6 is 11.3 Å². The highest BCUT2D eigenvalue weighted by Crippen LogP contribution is 2.45. The van der Waals surface area contributed by atoms with Crippen molar-refractivity contribution in [3.05, 3.63) is 455 Å². The monoisotopic (exact) mass is 1690 g/mol. The van der Waals surface area contributed by atoms with Gasteiger partial charge < -0.3 is 18.1 Å². The number of fused-ring (bicyclic) bond motifs is 15. The Labute approximate surface area is 757 Å². The van der Waals surface area contributed by atoms with Gasteiger partial charge in [-0.15, -0.1) is 11.3 Å². The average molecular weight is 1700 g/mol. The largest absolute Gasteiger partial charge is 0.456 e. The maximum absolute atomic E-state index is 6.27. The standard InChI is InChI=1S/C40H23N3OS.2C39H26N4/c1-5-13-32-27(9-1)28-10-2-6-14-33(28)43(32)26-20-17-24(18-21-26)40-41-37(39-38(42-40)31-12-4-8-16-36(31)45-39)25-19-22-30-29-11-3-7-15-34(29)44-35(30)23-25;1-4-13-27(14-5-1)32-20-12-22-35-36(32)33-19-10-11-21-34(33)43(35)31-25-23-30(24-26-31)39-41-37(28-15-6-2-7-16-28)40-38(42-39)29-17-8-3-9-18-29;1-4-12-27(13-5-1)31-22-25-34-33-18-10-11-19-35(33)43(36(34)26-31)32-23-20-30(21-24-32)39-41-37(28-14-6-2-7-15-28)40-38(42-39)29-16-8-3-9-17-29/h1-23H;2*1-26H. The Hall–Kier alpha value is -17.5. The van der Waals surface area contributed by atoms with Crippen molar-refractivity contribution in [1.29, 1.82) is 0 Å². The van der Waals surface area contributed by atoms with Crippen LogP contribution in [-0.2, 0) is 0 Å². The molecular formula is C118H75N11OS. The minimum absolute atomic E-state index is 0.646. The number of para-hydroxylation sites is 5. The molecule has 0 atom stereocenters. The van der Waals surface area contributed by atoms with Crippen LogP contribution < -0.4 is 0 Å². The van der Waals surface area contributed by atoms with E-state index in [1.54, 1.807) is 11.3 Å². The molecule has 0 unspecified atom stereocenters. The molecule has 18 aromatic carbocycles. The van der Waals surface area contributed by atoms with Crippen molar-refractivity contribution in [1.82, 2.24) is 53.6 Å². The summed E-state index contributed by atoms with van der Waals surface area (Å²) in [6.07, 6.45) is 0. The number of nitrogens with zero attached hydrogens (tertiary/aromatic N) is 11. The molecule has 13 heteroatoms. The van der Waals surface area contributed by atoms with E-state index in [0.717, 1.165) is 105 Å². The second kappa shape index (κ2) is 33.1. The zero-order chi connectivity index (χ0) is 86.7. The summed E-state index contributed by atoms with van der Waals surface area (Å²) in [5.74, 6) is 4.63. The van der Waals surface area contributed by atoms with Crippen LogP contribution in [0, 0.1) is 0 Å².